The Morgan fingerprint density at radius 2 is 1.96 bits per heavy atom. The van der Waals surface area contributed by atoms with Crippen LogP contribution < -0.4 is 16.0 Å². The Hall–Kier alpha value is -2.49. The number of aliphatic hydroxyl groups excluding tert-OH is 1. The Labute approximate surface area is 155 Å². The number of hydrogen-bond donors (Lipinski definition) is 3. The van der Waals surface area contributed by atoms with Crippen molar-refractivity contribution in [2.45, 2.75) is 0 Å². The van der Waals surface area contributed by atoms with Crippen molar-refractivity contribution < 1.29 is 5.11 Å². The van der Waals surface area contributed by atoms with Crippen LogP contribution in [0.3, 0.4) is 0 Å². The SMILES string of the molecule is Nc1c(Nc2nc3ccccc3s2)ncnc1N1CCN(CCO)CC1. The number of anilines is 4. The molecule has 4 N–H and O–H groups in total. The zero-order chi connectivity index (χ0) is 17.9. The molecule has 0 aliphatic carbocycles. The maximum atomic E-state index is 9.07. The largest absolute Gasteiger partial charge is 0.395 e. The monoisotopic (exact) mass is 371 g/mol. The molecule has 0 spiro atoms. The first-order valence-electron chi connectivity index (χ1n) is 8.56. The molecule has 0 amide bonds. The van der Waals surface area contributed by atoms with E-state index in [4.69, 9.17) is 10.8 Å². The van der Waals surface area contributed by atoms with Crippen LogP contribution in [0.15, 0.2) is 30.6 Å². The van der Waals surface area contributed by atoms with Crippen LogP contribution in [-0.2, 0) is 0 Å². The van der Waals surface area contributed by atoms with Gasteiger partial charge in [-0.25, -0.2) is 15.0 Å². The lowest BCUT2D eigenvalue weighted by Crippen LogP contribution is -2.47. The number of nitrogens with two attached hydrogens (primary N) is 1. The highest BCUT2D eigenvalue weighted by atomic mass is 32.1. The summed E-state index contributed by atoms with van der Waals surface area (Å²) in [5.74, 6) is 1.32. The number of thiazole rings is 1. The van der Waals surface area contributed by atoms with Crippen molar-refractivity contribution in [3.8, 4) is 0 Å². The number of nitrogen functional groups attached to an aromatic ring is 1. The van der Waals surface area contributed by atoms with Gasteiger partial charge in [-0.05, 0) is 12.1 Å². The van der Waals surface area contributed by atoms with Gasteiger partial charge in [-0.2, -0.15) is 0 Å². The first-order valence-corrected chi connectivity index (χ1v) is 9.37. The summed E-state index contributed by atoms with van der Waals surface area (Å²) in [5, 5.41) is 13.1. The van der Waals surface area contributed by atoms with Crippen LogP contribution in [-0.4, -0.2) is 64.3 Å². The molecule has 1 aromatic carbocycles. The predicted octanol–water partition coefficient (Wildman–Crippen LogP) is 1.53. The third kappa shape index (κ3) is 3.41. The molecule has 0 saturated carbocycles. The molecule has 0 radical (unpaired) electrons. The number of piperazine rings is 1. The molecule has 1 fully saturated rings. The molecule has 26 heavy (non-hydrogen) atoms. The van der Waals surface area contributed by atoms with E-state index in [1.165, 1.54) is 6.33 Å². The minimum absolute atomic E-state index is 0.186. The highest BCUT2D eigenvalue weighted by Gasteiger charge is 2.21. The van der Waals surface area contributed by atoms with Crippen molar-refractivity contribution in [3.63, 3.8) is 0 Å². The number of para-hydroxylation sites is 1. The Balaban J connectivity index is 1.52. The van der Waals surface area contributed by atoms with Crippen molar-refractivity contribution in [2.24, 2.45) is 0 Å². The number of aliphatic hydroxyl groups is 1. The molecular weight excluding hydrogens is 350 g/mol. The predicted molar refractivity (Wildman–Crippen MR) is 105 cm³/mol. The van der Waals surface area contributed by atoms with E-state index in [0.29, 0.717) is 18.1 Å². The maximum absolute atomic E-state index is 9.07. The highest BCUT2D eigenvalue weighted by Crippen LogP contribution is 2.32. The number of benzene rings is 1. The lowest BCUT2D eigenvalue weighted by molar-refractivity contribution is 0.188. The van der Waals surface area contributed by atoms with Crippen LogP contribution in [0, 0.1) is 0 Å². The van der Waals surface area contributed by atoms with Gasteiger partial charge >= 0.3 is 0 Å². The molecular formula is C17H21N7OS. The second-order valence-corrected chi connectivity index (χ2v) is 7.15. The topological polar surface area (TPSA) is 103 Å². The number of aromatic nitrogens is 3. The molecule has 1 aliphatic rings. The first-order chi connectivity index (χ1) is 12.7. The van der Waals surface area contributed by atoms with Gasteiger partial charge in [-0.15, -0.1) is 0 Å². The van der Waals surface area contributed by atoms with Gasteiger partial charge in [-0.3, -0.25) is 4.90 Å². The fourth-order valence-corrected chi connectivity index (χ4v) is 3.95. The van der Waals surface area contributed by atoms with Crippen LogP contribution in [0.25, 0.3) is 10.2 Å². The van der Waals surface area contributed by atoms with E-state index in [9.17, 15) is 0 Å². The molecule has 1 aliphatic heterocycles. The van der Waals surface area contributed by atoms with Gasteiger partial charge in [0, 0.05) is 32.7 Å². The summed E-state index contributed by atoms with van der Waals surface area (Å²) in [6, 6.07) is 7.99. The van der Waals surface area contributed by atoms with Crippen LogP contribution in [0.1, 0.15) is 0 Å². The van der Waals surface area contributed by atoms with E-state index in [-0.39, 0.29) is 6.61 Å². The molecule has 0 unspecified atom stereocenters. The van der Waals surface area contributed by atoms with Crippen LogP contribution in [0.4, 0.5) is 22.5 Å². The van der Waals surface area contributed by atoms with Crippen molar-refractivity contribution >= 4 is 44.0 Å². The number of hydrogen-bond acceptors (Lipinski definition) is 9. The van der Waals surface area contributed by atoms with Gasteiger partial charge in [0.2, 0.25) is 0 Å². The highest BCUT2D eigenvalue weighted by molar-refractivity contribution is 7.22. The Bertz CT molecular complexity index is 859. The molecule has 9 heteroatoms. The Morgan fingerprint density at radius 3 is 2.73 bits per heavy atom. The molecule has 4 rings (SSSR count). The van der Waals surface area contributed by atoms with Crippen molar-refractivity contribution in [1.29, 1.82) is 0 Å². The molecule has 0 bridgehead atoms. The summed E-state index contributed by atoms with van der Waals surface area (Å²) in [7, 11) is 0. The Kier molecular flexibility index (Phi) is 4.83. The molecule has 8 nitrogen and oxygen atoms in total. The summed E-state index contributed by atoms with van der Waals surface area (Å²) in [6.07, 6.45) is 1.53. The van der Waals surface area contributed by atoms with Crippen molar-refractivity contribution in [3.05, 3.63) is 30.6 Å². The van der Waals surface area contributed by atoms with E-state index in [1.807, 2.05) is 24.3 Å². The molecule has 1 saturated heterocycles. The normalized spacial score (nSPS) is 15.5. The summed E-state index contributed by atoms with van der Waals surface area (Å²) in [6.45, 7) is 4.29. The second-order valence-electron chi connectivity index (χ2n) is 6.12. The van der Waals surface area contributed by atoms with E-state index >= 15 is 0 Å². The van der Waals surface area contributed by atoms with E-state index in [2.05, 4.69) is 30.1 Å². The lowest BCUT2D eigenvalue weighted by Gasteiger charge is -2.35. The lowest BCUT2D eigenvalue weighted by atomic mass is 10.3. The van der Waals surface area contributed by atoms with Gasteiger partial charge < -0.3 is 21.1 Å². The van der Waals surface area contributed by atoms with Crippen molar-refractivity contribution in [1.82, 2.24) is 19.9 Å². The van der Waals surface area contributed by atoms with Gasteiger partial charge in [-0.1, -0.05) is 23.5 Å². The Morgan fingerprint density at radius 1 is 1.15 bits per heavy atom. The fourth-order valence-electron chi connectivity index (χ4n) is 3.09. The molecule has 3 heterocycles. The third-order valence-electron chi connectivity index (χ3n) is 4.47. The summed E-state index contributed by atoms with van der Waals surface area (Å²) >= 11 is 1.57. The average molecular weight is 371 g/mol. The number of rotatable bonds is 5. The zero-order valence-electron chi connectivity index (χ0n) is 14.3. The van der Waals surface area contributed by atoms with Crippen LogP contribution in [0.2, 0.25) is 0 Å². The van der Waals surface area contributed by atoms with Gasteiger partial charge in [0.25, 0.3) is 0 Å². The van der Waals surface area contributed by atoms with Gasteiger partial charge in [0.15, 0.2) is 16.8 Å². The maximum Gasteiger partial charge on any atom is 0.189 e. The van der Waals surface area contributed by atoms with E-state index in [0.717, 1.165) is 47.3 Å². The standard InChI is InChI=1S/C17H21N7OS/c18-14-15(22-17-21-12-3-1-2-4-13(12)26-17)19-11-20-16(14)24-7-5-23(6-8-24)9-10-25/h1-4,11,25H,5-10,18H2,(H,19,20,21,22). The number of nitrogens with one attached hydrogen (secondary N) is 1. The molecule has 0 atom stereocenters. The van der Waals surface area contributed by atoms with E-state index in [1.54, 1.807) is 11.3 Å². The quantitative estimate of drug-likeness (QED) is 0.620. The average Bonchev–Trinajstić information content (AvgIpc) is 3.07. The summed E-state index contributed by atoms with van der Waals surface area (Å²) < 4.78 is 1.11. The fraction of sp³-hybridized carbons (Fsp3) is 0.353. The van der Waals surface area contributed by atoms with Crippen LogP contribution >= 0.6 is 11.3 Å². The minimum Gasteiger partial charge on any atom is -0.395 e. The minimum atomic E-state index is 0.186. The van der Waals surface area contributed by atoms with Gasteiger partial charge in [0.05, 0.1) is 16.8 Å². The number of β-amino-alcohol motifs (C(OH)–C–C–N with tert-alkyl or cyclic N) is 1. The molecule has 136 valence electrons. The summed E-state index contributed by atoms with van der Waals surface area (Å²) in [5.41, 5.74) is 7.83. The van der Waals surface area contributed by atoms with Gasteiger partial charge in [0.1, 0.15) is 12.0 Å². The second kappa shape index (κ2) is 7.40. The van der Waals surface area contributed by atoms with E-state index < -0.39 is 0 Å². The summed E-state index contributed by atoms with van der Waals surface area (Å²) in [4.78, 5) is 17.6. The van der Waals surface area contributed by atoms with Crippen molar-refractivity contribution in [2.75, 3.05) is 55.3 Å². The number of nitrogens with zero attached hydrogens (tertiary/aromatic N) is 5. The smallest absolute Gasteiger partial charge is 0.189 e. The molecule has 3 aromatic rings. The van der Waals surface area contributed by atoms with Crippen LogP contribution in [0.5, 0.6) is 0 Å². The first kappa shape index (κ1) is 17.0. The number of fused-ring (bicyclic) bond motifs is 1. The third-order valence-corrected chi connectivity index (χ3v) is 5.42. The zero-order valence-corrected chi connectivity index (χ0v) is 15.1. The molecule has 2 aromatic heterocycles.